The largest absolute Gasteiger partial charge is 0.432 e. The summed E-state index contributed by atoms with van der Waals surface area (Å²) in [4.78, 5) is 0. The van der Waals surface area contributed by atoms with Gasteiger partial charge in [-0.1, -0.05) is 55.6 Å². The van der Waals surface area contributed by atoms with Crippen LogP contribution in [0.5, 0.6) is 5.75 Å². The molecule has 1 saturated carbocycles. The highest BCUT2D eigenvalue weighted by Gasteiger charge is 2.41. The molecule has 0 aliphatic heterocycles. The molecule has 0 radical (unpaired) electrons. The molecule has 0 saturated heterocycles. The molecule has 244 valence electrons. The Morgan fingerprint density at radius 1 is 0.696 bits per heavy atom. The first-order valence-electron chi connectivity index (χ1n) is 15.2. The lowest BCUT2D eigenvalue weighted by atomic mass is 9.82. The van der Waals surface area contributed by atoms with Crippen LogP contribution in [0.25, 0.3) is 22.3 Å². The van der Waals surface area contributed by atoms with E-state index in [0.29, 0.717) is 18.2 Å². The van der Waals surface area contributed by atoms with Gasteiger partial charge in [-0.3, -0.25) is 0 Å². The molecular formula is C36H32ClF7O2. The van der Waals surface area contributed by atoms with Crippen LogP contribution in [-0.2, 0) is 10.8 Å². The number of rotatable bonds is 11. The Morgan fingerprint density at radius 2 is 1.33 bits per heavy atom. The quantitative estimate of drug-likeness (QED) is 0.117. The summed E-state index contributed by atoms with van der Waals surface area (Å²) < 4.78 is 114. The van der Waals surface area contributed by atoms with Gasteiger partial charge in [-0.15, -0.1) is 0 Å². The zero-order chi connectivity index (χ0) is 33.0. The number of hydrogen-bond donors (Lipinski definition) is 0. The minimum absolute atomic E-state index is 0.144. The molecule has 4 aromatic rings. The van der Waals surface area contributed by atoms with Crippen molar-refractivity contribution in [2.75, 3.05) is 6.61 Å². The predicted molar refractivity (Wildman–Crippen MR) is 164 cm³/mol. The van der Waals surface area contributed by atoms with E-state index in [4.69, 9.17) is 16.3 Å². The summed E-state index contributed by atoms with van der Waals surface area (Å²) in [5, 5.41) is -0.359. The summed E-state index contributed by atoms with van der Waals surface area (Å²) >= 11 is 5.53. The van der Waals surface area contributed by atoms with E-state index in [1.165, 1.54) is 18.2 Å². The average Bonchev–Trinajstić information content (AvgIpc) is 3.00. The minimum atomic E-state index is -4.54. The van der Waals surface area contributed by atoms with Gasteiger partial charge in [0.15, 0.2) is 0 Å². The second-order valence-corrected chi connectivity index (χ2v) is 11.9. The summed E-state index contributed by atoms with van der Waals surface area (Å²) in [6.07, 6.45) is 2.59. The van der Waals surface area contributed by atoms with Gasteiger partial charge in [0.25, 0.3) is 0 Å². The third-order valence-electron chi connectivity index (χ3n) is 8.30. The van der Waals surface area contributed by atoms with Gasteiger partial charge in [-0.25, -0.2) is 22.0 Å². The van der Waals surface area contributed by atoms with Crippen molar-refractivity contribution in [1.82, 2.24) is 0 Å². The molecule has 1 aliphatic carbocycles. The first kappa shape index (κ1) is 33.8. The van der Waals surface area contributed by atoms with Gasteiger partial charge in [-0.05, 0) is 91.1 Å². The Hall–Kier alpha value is -3.56. The number of unbranched alkanes of at least 4 members (excludes halogenated alkanes) is 2. The molecule has 10 heteroatoms. The van der Waals surface area contributed by atoms with Crippen LogP contribution < -0.4 is 4.74 Å². The molecule has 0 atom stereocenters. The highest BCUT2D eigenvalue weighted by molar-refractivity contribution is 6.30. The molecule has 0 aromatic heterocycles. The Bertz CT molecular complexity index is 1660. The number of hydrogen-bond acceptors (Lipinski definition) is 2. The Morgan fingerprint density at radius 3 is 1.96 bits per heavy atom. The van der Waals surface area contributed by atoms with Crippen molar-refractivity contribution in [3.8, 4) is 28.0 Å². The molecule has 0 spiro atoms. The van der Waals surface area contributed by atoms with E-state index >= 15 is 8.78 Å². The Kier molecular flexibility index (Phi) is 10.6. The van der Waals surface area contributed by atoms with Crippen molar-refractivity contribution in [3.63, 3.8) is 0 Å². The standard InChI is InChI=1S/C36H32ClF7O2/c1-2-3-4-15-45-25-9-5-21(6-10-25)22-7-12-27(30(38)16-22)23-8-13-28(31(39)17-23)24-18-33(41)35(34(42)19-24)36(43,44)46-26-11-14-29(37)32(40)20-26/h7-8,11-14,16-21,25H,2-6,9-10,15H2,1H3. The smallest absolute Gasteiger partial charge is 0.429 e. The van der Waals surface area contributed by atoms with Gasteiger partial charge >= 0.3 is 6.11 Å². The maximum atomic E-state index is 15.3. The van der Waals surface area contributed by atoms with Crippen LogP contribution in [0.2, 0.25) is 5.02 Å². The minimum Gasteiger partial charge on any atom is -0.429 e. The maximum absolute atomic E-state index is 15.3. The molecule has 0 amide bonds. The molecule has 46 heavy (non-hydrogen) atoms. The first-order valence-corrected chi connectivity index (χ1v) is 15.6. The number of halogens is 8. The van der Waals surface area contributed by atoms with E-state index in [1.807, 2.05) is 6.07 Å². The second-order valence-electron chi connectivity index (χ2n) is 11.5. The van der Waals surface area contributed by atoms with E-state index in [1.54, 1.807) is 6.07 Å². The molecule has 0 heterocycles. The van der Waals surface area contributed by atoms with Crippen LogP contribution in [0.1, 0.15) is 68.9 Å². The summed E-state index contributed by atoms with van der Waals surface area (Å²) in [5.41, 5.74) is -1.19. The van der Waals surface area contributed by atoms with Crippen molar-refractivity contribution in [3.05, 3.63) is 112 Å². The van der Waals surface area contributed by atoms with Crippen LogP contribution in [0.4, 0.5) is 30.7 Å². The molecule has 1 aliphatic rings. The van der Waals surface area contributed by atoms with E-state index < -0.39 is 46.5 Å². The fourth-order valence-corrected chi connectivity index (χ4v) is 5.96. The van der Waals surface area contributed by atoms with Crippen molar-refractivity contribution in [2.24, 2.45) is 0 Å². The fourth-order valence-electron chi connectivity index (χ4n) is 5.85. The highest BCUT2D eigenvalue weighted by atomic mass is 35.5. The van der Waals surface area contributed by atoms with Gasteiger partial charge in [0.05, 0.1) is 11.1 Å². The summed E-state index contributed by atoms with van der Waals surface area (Å²) in [5.74, 6) is -6.49. The van der Waals surface area contributed by atoms with Gasteiger partial charge in [0.2, 0.25) is 0 Å². The van der Waals surface area contributed by atoms with Crippen molar-refractivity contribution in [2.45, 2.75) is 70.0 Å². The van der Waals surface area contributed by atoms with Crippen molar-refractivity contribution >= 4 is 11.6 Å². The number of alkyl halides is 2. The van der Waals surface area contributed by atoms with Crippen molar-refractivity contribution < 1.29 is 40.2 Å². The molecule has 0 bridgehead atoms. The van der Waals surface area contributed by atoms with Crippen LogP contribution in [-0.4, -0.2) is 12.7 Å². The summed E-state index contributed by atoms with van der Waals surface area (Å²) in [6.45, 7) is 2.91. The zero-order valence-electron chi connectivity index (χ0n) is 25.0. The summed E-state index contributed by atoms with van der Waals surface area (Å²) in [7, 11) is 0. The van der Waals surface area contributed by atoms with Crippen LogP contribution >= 0.6 is 11.6 Å². The molecule has 5 rings (SSSR count). The summed E-state index contributed by atoms with van der Waals surface area (Å²) in [6, 6.07) is 11.9. The van der Waals surface area contributed by atoms with Gasteiger partial charge in [0.1, 0.15) is 40.4 Å². The van der Waals surface area contributed by atoms with E-state index in [0.717, 1.165) is 75.3 Å². The molecule has 0 N–H and O–H groups in total. The lowest BCUT2D eigenvalue weighted by Crippen LogP contribution is -2.25. The lowest BCUT2D eigenvalue weighted by molar-refractivity contribution is -0.189. The predicted octanol–water partition coefficient (Wildman–Crippen LogP) is 11.7. The van der Waals surface area contributed by atoms with Gasteiger partial charge in [-0.2, -0.15) is 8.78 Å². The van der Waals surface area contributed by atoms with E-state index in [9.17, 15) is 22.0 Å². The lowest BCUT2D eigenvalue weighted by Gasteiger charge is -2.29. The molecule has 2 nitrogen and oxygen atoms in total. The third-order valence-corrected chi connectivity index (χ3v) is 8.61. The highest BCUT2D eigenvalue weighted by Crippen LogP contribution is 2.40. The number of ether oxygens (including phenoxy) is 2. The second kappa shape index (κ2) is 14.5. The maximum Gasteiger partial charge on any atom is 0.432 e. The van der Waals surface area contributed by atoms with Crippen molar-refractivity contribution in [1.29, 1.82) is 0 Å². The first-order chi connectivity index (χ1) is 22.0. The van der Waals surface area contributed by atoms with E-state index in [2.05, 4.69) is 11.7 Å². The normalized spacial score (nSPS) is 16.9. The van der Waals surface area contributed by atoms with Gasteiger partial charge in [0, 0.05) is 23.8 Å². The van der Waals surface area contributed by atoms with Crippen LogP contribution in [0, 0.1) is 29.1 Å². The monoisotopic (exact) mass is 664 g/mol. The molecular weight excluding hydrogens is 633 g/mol. The third kappa shape index (κ3) is 7.69. The molecule has 4 aromatic carbocycles. The topological polar surface area (TPSA) is 18.5 Å². The molecule has 1 fully saturated rings. The van der Waals surface area contributed by atoms with Crippen LogP contribution in [0.15, 0.2) is 66.7 Å². The van der Waals surface area contributed by atoms with Crippen LogP contribution in [0.3, 0.4) is 0 Å². The zero-order valence-corrected chi connectivity index (χ0v) is 25.8. The SMILES string of the molecule is CCCCCOC1CCC(c2ccc(-c3ccc(-c4cc(F)c(C(F)(F)Oc5ccc(Cl)c(F)c5)c(F)c4)c(F)c3)c(F)c2)CC1. The fraction of sp³-hybridized carbons (Fsp3) is 0.333. The number of benzene rings is 4. The van der Waals surface area contributed by atoms with Gasteiger partial charge < -0.3 is 9.47 Å². The average molecular weight is 665 g/mol. The Labute approximate surface area is 268 Å². The molecule has 0 unspecified atom stereocenters. The van der Waals surface area contributed by atoms with E-state index in [-0.39, 0.29) is 39.3 Å². The Balaban J connectivity index is 1.30.